The Morgan fingerprint density at radius 2 is 1.60 bits per heavy atom. The van der Waals surface area contributed by atoms with E-state index in [1.54, 1.807) is 0 Å². The molecule has 0 spiro atoms. The van der Waals surface area contributed by atoms with Gasteiger partial charge in [0.05, 0.1) is 32.5 Å². The second kappa shape index (κ2) is 13.4. The number of halogens is 4. The fraction of sp³-hybridized carbons (Fsp3) is 0.857. The van der Waals surface area contributed by atoms with E-state index in [1.807, 2.05) is 0 Å². The van der Waals surface area contributed by atoms with Gasteiger partial charge in [-0.05, 0) is 6.42 Å². The maximum atomic E-state index is 13.3. The molecule has 0 rings (SSSR count). The van der Waals surface area contributed by atoms with Crippen molar-refractivity contribution in [3.63, 3.8) is 0 Å². The molecule has 0 aliphatic heterocycles. The Hall–Kier alpha value is -0.820. The normalized spacial score (nSPS) is 13.8. The van der Waals surface area contributed by atoms with Crippen LogP contribution in [-0.2, 0) is 23.7 Å². The molecular formula is C14H24F4O7. The summed E-state index contributed by atoms with van der Waals surface area (Å²) in [6.45, 7) is -0.643. The number of ether oxygens (including phenoxy) is 5. The van der Waals surface area contributed by atoms with E-state index in [0.29, 0.717) is 0 Å². The summed E-state index contributed by atoms with van der Waals surface area (Å²) in [6, 6.07) is 0. The molecule has 150 valence electrons. The molecule has 0 heterocycles. The van der Waals surface area contributed by atoms with Crippen molar-refractivity contribution in [2.24, 2.45) is 0 Å². The smallest absolute Gasteiger partial charge is 0.383 e. The van der Waals surface area contributed by atoms with Gasteiger partial charge in [0.25, 0.3) is 0 Å². The van der Waals surface area contributed by atoms with Gasteiger partial charge >= 0.3 is 12.2 Å². The van der Waals surface area contributed by atoms with Crippen molar-refractivity contribution in [2.75, 3.05) is 53.0 Å². The van der Waals surface area contributed by atoms with Crippen LogP contribution in [0.25, 0.3) is 0 Å². The Balaban J connectivity index is 3.94. The van der Waals surface area contributed by atoms with Crippen LogP contribution < -0.4 is 0 Å². The molecule has 0 amide bonds. The summed E-state index contributed by atoms with van der Waals surface area (Å²) in [6.07, 6.45) is -8.01. The van der Waals surface area contributed by atoms with Gasteiger partial charge in [-0.3, -0.25) is 4.74 Å². The lowest BCUT2D eigenvalue weighted by Gasteiger charge is -2.23. The average molecular weight is 380 g/mol. The predicted octanol–water partition coefficient (Wildman–Crippen LogP) is 1.14. The van der Waals surface area contributed by atoms with E-state index >= 15 is 0 Å². The van der Waals surface area contributed by atoms with E-state index in [2.05, 4.69) is 25.5 Å². The first-order valence-corrected chi connectivity index (χ1v) is 7.39. The number of aliphatic hydroxyl groups excluding tert-OH is 2. The monoisotopic (exact) mass is 380 g/mol. The van der Waals surface area contributed by atoms with E-state index < -0.39 is 44.9 Å². The lowest BCUT2D eigenvalue weighted by atomic mass is 10.3. The number of aliphatic hydroxyl groups is 2. The molecule has 1 unspecified atom stereocenters. The number of hydrogen-bond donors (Lipinski definition) is 2. The number of rotatable bonds is 17. The molecule has 0 aromatic heterocycles. The Labute approximate surface area is 143 Å². The van der Waals surface area contributed by atoms with E-state index in [1.165, 1.54) is 6.08 Å². The van der Waals surface area contributed by atoms with Crippen molar-refractivity contribution in [2.45, 2.75) is 24.7 Å². The lowest BCUT2D eigenvalue weighted by Crippen LogP contribution is -2.40. The largest absolute Gasteiger partial charge is 0.394 e. The molecule has 0 bridgehead atoms. The van der Waals surface area contributed by atoms with Crippen molar-refractivity contribution in [1.82, 2.24) is 0 Å². The van der Waals surface area contributed by atoms with E-state index in [0.717, 1.165) is 0 Å². The first kappa shape index (κ1) is 24.2. The van der Waals surface area contributed by atoms with E-state index in [9.17, 15) is 22.7 Å². The molecule has 0 saturated heterocycles. The van der Waals surface area contributed by atoms with Crippen molar-refractivity contribution >= 4 is 0 Å². The van der Waals surface area contributed by atoms with Gasteiger partial charge in [0.2, 0.25) is 0 Å². The van der Waals surface area contributed by atoms with Crippen molar-refractivity contribution < 1.29 is 51.5 Å². The zero-order valence-corrected chi connectivity index (χ0v) is 13.7. The summed E-state index contributed by atoms with van der Waals surface area (Å²) in [5.74, 6) is 0. The minimum Gasteiger partial charge on any atom is -0.394 e. The third kappa shape index (κ3) is 15.2. The standard InChI is InChI=1S/C14H24F4O7/c1-2-5-21-6-3-12(20)8-23-9-13(15,16)25-14(17,18)10-24-11-22-7-4-19/h2,12,19-20H,1,3-11H2. The van der Waals surface area contributed by atoms with Crippen LogP contribution in [0.1, 0.15) is 6.42 Å². The van der Waals surface area contributed by atoms with Gasteiger partial charge in [0, 0.05) is 6.61 Å². The second-order valence-corrected chi connectivity index (χ2v) is 4.80. The average Bonchev–Trinajstić information content (AvgIpc) is 2.50. The van der Waals surface area contributed by atoms with Crippen LogP contribution in [0.3, 0.4) is 0 Å². The van der Waals surface area contributed by atoms with Crippen LogP contribution in [0.2, 0.25) is 0 Å². The highest BCUT2D eigenvalue weighted by atomic mass is 19.3. The van der Waals surface area contributed by atoms with Crippen LogP contribution in [0.4, 0.5) is 17.6 Å². The molecule has 2 N–H and O–H groups in total. The molecule has 0 saturated carbocycles. The maximum Gasteiger partial charge on any atom is 0.383 e. The number of hydrogen-bond acceptors (Lipinski definition) is 7. The highest BCUT2D eigenvalue weighted by Crippen LogP contribution is 2.27. The summed E-state index contributed by atoms with van der Waals surface area (Å²) >= 11 is 0. The first-order valence-electron chi connectivity index (χ1n) is 7.39. The molecule has 0 aliphatic rings. The van der Waals surface area contributed by atoms with Crippen molar-refractivity contribution in [1.29, 1.82) is 0 Å². The van der Waals surface area contributed by atoms with Gasteiger partial charge in [0.1, 0.15) is 20.0 Å². The van der Waals surface area contributed by atoms with Gasteiger partial charge in [-0.2, -0.15) is 17.6 Å². The maximum absolute atomic E-state index is 13.3. The molecule has 0 aromatic rings. The molecule has 1 atom stereocenters. The molecule has 0 aromatic carbocycles. The summed E-state index contributed by atoms with van der Waals surface area (Å²) in [5.41, 5.74) is 0. The predicted molar refractivity (Wildman–Crippen MR) is 77.3 cm³/mol. The van der Waals surface area contributed by atoms with Crippen molar-refractivity contribution in [3.8, 4) is 0 Å². The quantitative estimate of drug-likeness (QED) is 0.169. The molecule has 0 fully saturated rings. The minimum absolute atomic E-state index is 0.123. The summed E-state index contributed by atoms with van der Waals surface area (Å²) in [4.78, 5) is 0. The summed E-state index contributed by atoms with van der Waals surface area (Å²) in [7, 11) is 0. The third-order valence-electron chi connectivity index (χ3n) is 2.38. The minimum atomic E-state index is -4.28. The van der Waals surface area contributed by atoms with Crippen LogP contribution in [0.5, 0.6) is 0 Å². The number of alkyl halides is 4. The summed E-state index contributed by atoms with van der Waals surface area (Å²) < 4.78 is 74.7. The molecule has 0 aliphatic carbocycles. The van der Waals surface area contributed by atoms with E-state index in [-0.39, 0.29) is 32.8 Å². The molecular weight excluding hydrogens is 356 g/mol. The Kier molecular flexibility index (Phi) is 13.0. The zero-order valence-electron chi connectivity index (χ0n) is 13.7. The fourth-order valence-corrected chi connectivity index (χ4v) is 1.40. The van der Waals surface area contributed by atoms with Gasteiger partial charge in [0.15, 0.2) is 0 Å². The van der Waals surface area contributed by atoms with Gasteiger partial charge < -0.3 is 29.2 Å². The zero-order chi connectivity index (χ0) is 19.2. The van der Waals surface area contributed by atoms with Gasteiger partial charge in [-0.15, -0.1) is 6.58 Å². The fourth-order valence-electron chi connectivity index (χ4n) is 1.40. The molecule has 7 nitrogen and oxygen atoms in total. The molecule has 11 heteroatoms. The van der Waals surface area contributed by atoms with E-state index in [4.69, 9.17) is 9.84 Å². The lowest BCUT2D eigenvalue weighted by molar-refractivity contribution is -0.396. The molecule has 0 radical (unpaired) electrons. The van der Waals surface area contributed by atoms with Crippen molar-refractivity contribution in [3.05, 3.63) is 12.7 Å². The highest BCUT2D eigenvalue weighted by molar-refractivity contribution is 4.64. The Bertz CT molecular complexity index is 345. The van der Waals surface area contributed by atoms with Crippen LogP contribution in [0, 0.1) is 0 Å². The van der Waals surface area contributed by atoms with Crippen LogP contribution in [-0.4, -0.2) is 81.6 Å². The first-order chi connectivity index (χ1) is 11.7. The van der Waals surface area contributed by atoms with Crippen LogP contribution in [0.15, 0.2) is 12.7 Å². The second-order valence-electron chi connectivity index (χ2n) is 4.80. The van der Waals surface area contributed by atoms with Gasteiger partial charge in [-0.1, -0.05) is 6.08 Å². The Morgan fingerprint density at radius 3 is 2.20 bits per heavy atom. The van der Waals surface area contributed by atoms with Crippen LogP contribution >= 0.6 is 0 Å². The summed E-state index contributed by atoms with van der Waals surface area (Å²) in [5, 5.41) is 17.8. The third-order valence-corrected chi connectivity index (χ3v) is 2.38. The SMILES string of the molecule is C=CCOCCC(O)COCC(F)(F)OC(F)(F)COCOCCO. The highest BCUT2D eigenvalue weighted by Gasteiger charge is 2.44. The Morgan fingerprint density at radius 1 is 0.960 bits per heavy atom. The molecule has 25 heavy (non-hydrogen) atoms. The topological polar surface area (TPSA) is 86.6 Å². The van der Waals surface area contributed by atoms with Gasteiger partial charge in [-0.25, -0.2) is 0 Å².